The van der Waals surface area contributed by atoms with Crippen LogP contribution >= 0.6 is 0 Å². The molecule has 0 aromatic rings. The summed E-state index contributed by atoms with van der Waals surface area (Å²) in [6.45, 7) is 10.1. The summed E-state index contributed by atoms with van der Waals surface area (Å²) in [4.78, 5) is 0. The van der Waals surface area contributed by atoms with Crippen LogP contribution in [0.25, 0.3) is 0 Å². The summed E-state index contributed by atoms with van der Waals surface area (Å²) in [5.41, 5.74) is 0.524. The van der Waals surface area contributed by atoms with Gasteiger partial charge in [-0.15, -0.1) is 0 Å². The minimum atomic E-state index is -0.259. The standard InChI is InChI=1S/C15H26O2/c1-13(2,3)11-6-8-15-10-16-14(4,17-15)7-5-12(15)9-11/h11-12H,5-10H2,1-4H3/t11-,12-,14+,15+/m1/s1. The van der Waals surface area contributed by atoms with Crippen LogP contribution in [0.15, 0.2) is 0 Å². The molecule has 17 heavy (non-hydrogen) atoms. The van der Waals surface area contributed by atoms with Gasteiger partial charge in [0.1, 0.15) is 0 Å². The third-order valence-corrected chi connectivity index (χ3v) is 5.44. The molecule has 1 saturated carbocycles. The van der Waals surface area contributed by atoms with Gasteiger partial charge < -0.3 is 9.47 Å². The summed E-state index contributed by atoms with van der Waals surface area (Å²) < 4.78 is 12.2. The van der Waals surface area contributed by atoms with Gasteiger partial charge in [-0.05, 0) is 49.9 Å². The lowest BCUT2D eigenvalue weighted by atomic mass is 9.62. The molecular formula is C15H26O2. The van der Waals surface area contributed by atoms with E-state index in [2.05, 4.69) is 27.7 Å². The fraction of sp³-hybridized carbons (Fsp3) is 1.00. The normalized spacial score (nSPS) is 50.1. The van der Waals surface area contributed by atoms with Crippen molar-refractivity contribution in [2.24, 2.45) is 17.3 Å². The minimum Gasteiger partial charge on any atom is -0.347 e. The van der Waals surface area contributed by atoms with Crippen molar-refractivity contribution in [1.82, 2.24) is 0 Å². The molecule has 1 spiro atoms. The number of ether oxygens (including phenoxy) is 2. The molecule has 0 unspecified atom stereocenters. The minimum absolute atomic E-state index is 0.0781. The molecular weight excluding hydrogens is 212 g/mol. The maximum atomic E-state index is 6.32. The lowest BCUT2D eigenvalue weighted by Crippen LogP contribution is -2.51. The molecule has 3 rings (SSSR count). The van der Waals surface area contributed by atoms with E-state index in [0.717, 1.165) is 24.9 Å². The van der Waals surface area contributed by atoms with Gasteiger partial charge in [-0.1, -0.05) is 20.8 Å². The SMILES string of the molecule is CC(C)(C)[C@@H]1CC[C@]23CO[C@](C)(CC[C@@H]2C1)O3. The van der Waals surface area contributed by atoms with Crippen LogP contribution in [0.4, 0.5) is 0 Å². The first-order valence-electron chi connectivity index (χ1n) is 7.17. The zero-order valence-electron chi connectivity index (χ0n) is 11.7. The number of rotatable bonds is 0. The van der Waals surface area contributed by atoms with Crippen LogP contribution in [0.5, 0.6) is 0 Å². The second kappa shape index (κ2) is 3.48. The molecule has 2 nitrogen and oxygen atoms in total. The molecule has 0 amide bonds. The molecule has 1 aliphatic carbocycles. The van der Waals surface area contributed by atoms with Crippen molar-refractivity contribution >= 4 is 0 Å². The summed E-state index contributed by atoms with van der Waals surface area (Å²) in [5.74, 6) is 1.33. The van der Waals surface area contributed by atoms with E-state index in [-0.39, 0.29) is 11.4 Å². The third kappa shape index (κ3) is 1.84. The van der Waals surface area contributed by atoms with Crippen LogP contribution < -0.4 is 0 Å². The van der Waals surface area contributed by atoms with Gasteiger partial charge in [-0.2, -0.15) is 0 Å². The highest BCUT2D eigenvalue weighted by Crippen LogP contribution is 2.55. The third-order valence-electron chi connectivity index (χ3n) is 5.44. The highest BCUT2D eigenvalue weighted by atomic mass is 16.8. The molecule has 2 saturated heterocycles. The topological polar surface area (TPSA) is 18.5 Å². The predicted octanol–water partition coefficient (Wildman–Crippen LogP) is 3.74. The average Bonchev–Trinajstić information content (AvgIpc) is 2.49. The Labute approximate surface area is 105 Å². The summed E-state index contributed by atoms with van der Waals surface area (Å²) in [6.07, 6.45) is 6.22. The molecule has 2 heterocycles. The van der Waals surface area contributed by atoms with E-state index in [1.54, 1.807) is 0 Å². The first kappa shape index (κ1) is 12.0. The molecule has 0 aromatic carbocycles. The Balaban J connectivity index is 1.78. The number of fused-ring (bicyclic) bond motifs is 1. The molecule has 3 aliphatic rings. The van der Waals surface area contributed by atoms with Gasteiger partial charge in [-0.25, -0.2) is 0 Å². The average molecular weight is 238 g/mol. The Morgan fingerprint density at radius 3 is 2.59 bits per heavy atom. The predicted molar refractivity (Wildman–Crippen MR) is 67.7 cm³/mol. The van der Waals surface area contributed by atoms with Crippen LogP contribution in [0.1, 0.15) is 59.8 Å². The van der Waals surface area contributed by atoms with Gasteiger partial charge in [0.25, 0.3) is 0 Å². The maximum Gasteiger partial charge on any atom is 0.166 e. The van der Waals surface area contributed by atoms with E-state index < -0.39 is 0 Å². The maximum absolute atomic E-state index is 6.32. The van der Waals surface area contributed by atoms with Crippen molar-refractivity contribution in [1.29, 1.82) is 0 Å². The smallest absolute Gasteiger partial charge is 0.166 e. The highest BCUT2D eigenvalue weighted by molar-refractivity contribution is 5.03. The summed E-state index contributed by atoms with van der Waals surface area (Å²) in [6, 6.07) is 0. The molecule has 98 valence electrons. The molecule has 3 fully saturated rings. The second-order valence-electron chi connectivity index (χ2n) is 7.66. The summed E-state index contributed by atoms with van der Waals surface area (Å²) >= 11 is 0. The molecule has 0 aromatic heterocycles. The van der Waals surface area contributed by atoms with E-state index in [4.69, 9.17) is 9.47 Å². The van der Waals surface area contributed by atoms with E-state index in [1.807, 2.05) is 0 Å². The van der Waals surface area contributed by atoms with Crippen LogP contribution in [-0.4, -0.2) is 18.0 Å². The van der Waals surface area contributed by atoms with Gasteiger partial charge in [-0.3, -0.25) is 0 Å². The molecule has 0 N–H and O–H groups in total. The molecule has 4 atom stereocenters. The van der Waals surface area contributed by atoms with Crippen molar-refractivity contribution in [3.8, 4) is 0 Å². The molecule has 2 heteroatoms. The Morgan fingerprint density at radius 1 is 1.12 bits per heavy atom. The van der Waals surface area contributed by atoms with E-state index in [9.17, 15) is 0 Å². The van der Waals surface area contributed by atoms with Gasteiger partial charge in [0, 0.05) is 6.42 Å². The second-order valence-corrected chi connectivity index (χ2v) is 7.66. The van der Waals surface area contributed by atoms with Crippen LogP contribution in [0.3, 0.4) is 0 Å². The van der Waals surface area contributed by atoms with Crippen LogP contribution in [0, 0.1) is 17.3 Å². The fourth-order valence-corrected chi connectivity index (χ4v) is 4.11. The zero-order chi connectivity index (χ0) is 12.3. The van der Waals surface area contributed by atoms with E-state index in [0.29, 0.717) is 5.41 Å². The van der Waals surface area contributed by atoms with Gasteiger partial charge in [0.15, 0.2) is 5.79 Å². The van der Waals surface area contributed by atoms with Crippen molar-refractivity contribution in [2.75, 3.05) is 6.61 Å². The highest BCUT2D eigenvalue weighted by Gasteiger charge is 2.58. The quantitative estimate of drug-likeness (QED) is 0.640. The molecule has 2 aliphatic heterocycles. The van der Waals surface area contributed by atoms with Gasteiger partial charge in [0.2, 0.25) is 0 Å². The van der Waals surface area contributed by atoms with Crippen molar-refractivity contribution < 1.29 is 9.47 Å². The Kier molecular flexibility index (Phi) is 2.45. The van der Waals surface area contributed by atoms with E-state index in [1.165, 1.54) is 25.7 Å². The van der Waals surface area contributed by atoms with Crippen LogP contribution in [-0.2, 0) is 9.47 Å². The molecule has 0 radical (unpaired) electrons. The first-order valence-corrected chi connectivity index (χ1v) is 7.17. The summed E-state index contributed by atoms with van der Waals surface area (Å²) in [7, 11) is 0. The van der Waals surface area contributed by atoms with Gasteiger partial charge >= 0.3 is 0 Å². The van der Waals surface area contributed by atoms with Crippen molar-refractivity contribution in [3.05, 3.63) is 0 Å². The van der Waals surface area contributed by atoms with Crippen molar-refractivity contribution in [3.63, 3.8) is 0 Å². The lowest BCUT2D eigenvalue weighted by Gasteiger charge is -2.49. The largest absolute Gasteiger partial charge is 0.347 e. The first-order chi connectivity index (χ1) is 7.83. The Hall–Kier alpha value is -0.0800. The van der Waals surface area contributed by atoms with E-state index >= 15 is 0 Å². The molecule has 2 bridgehead atoms. The number of hydrogen-bond acceptors (Lipinski definition) is 2. The fourth-order valence-electron chi connectivity index (χ4n) is 4.11. The number of hydrogen-bond donors (Lipinski definition) is 0. The van der Waals surface area contributed by atoms with Crippen molar-refractivity contribution in [2.45, 2.75) is 71.2 Å². The Morgan fingerprint density at radius 2 is 1.88 bits per heavy atom. The summed E-state index contributed by atoms with van der Waals surface area (Å²) in [5, 5.41) is 0. The van der Waals surface area contributed by atoms with Crippen LogP contribution in [0.2, 0.25) is 0 Å². The lowest BCUT2D eigenvalue weighted by molar-refractivity contribution is -0.228. The zero-order valence-corrected chi connectivity index (χ0v) is 11.7. The van der Waals surface area contributed by atoms with Gasteiger partial charge in [0.05, 0.1) is 12.2 Å². The Bertz CT molecular complexity index is 319. The monoisotopic (exact) mass is 238 g/mol.